The monoisotopic (exact) mass is 286 g/mol. The quantitative estimate of drug-likeness (QED) is 0.731. The molecule has 2 nitrogen and oxygen atoms in total. The zero-order valence-corrected chi connectivity index (χ0v) is 11.7. The van der Waals surface area contributed by atoms with Crippen molar-refractivity contribution >= 4 is 15.9 Å². The summed E-state index contributed by atoms with van der Waals surface area (Å²) >= 11 is 3.45. The molecule has 0 aliphatic heterocycles. The third-order valence-corrected chi connectivity index (χ3v) is 2.62. The summed E-state index contributed by atoms with van der Waals surface area (Å²) in [6.45, 7) is 6.89. The molecule has 0 aliphatic rings. The zero-order valence-electron chi connectivity index (χ0n) is 10.1. The molecular weight excluding hydrogens is 268 g/mol. The molecule has 90 valence electrons. The van der Waals surface area contributed by atoms with E-state index in [1.165, 1.54) is 0 Å². The summed E-state index contributed by atoms with van der Waals surface area (Å²) in [5.41, 5.74) is 1.15. The number of rotatable bonds is 6. The molecule has 0 saturated heterocycles. The first-order valence-electron chi connectivity index (χ1n) is 5.65. The second-order valence-electron chi connectivity index (χ2n) is 3.92. The van der Waals surface area contributed by atoms with Crippen LogP contribution < -0.4 is 9.47 Å². The Morgan fingerprint density at radius 2 is 2.06 bits per heavy atom. The van der Waals surface area contributed by atoms with E-state index in [0.717, 1.165) is 35.4 Å². The minimum atomic E-state index is 0.180. The van der Waals surface area contributed by atoms with Crippen LogP contribution in [0.2, 0.25) is 0 Å². The predicted octanol–water partition coefficient (Wildman–Crippen LogP) is 4.16. The van der Waals surface area contributed by atoms with Gasteiger partial charge in [-0.3, -0.25) is 0 Å². The Labute approximate surface area is 106 Å². The maximum absolute atomic E-state index is 5.75. The highest BCUT2D eigenvalue weighted by molar-refractivity contribution is 9.08. The molecule has 1 rings (SSSR count). The van der Waals surface area contributed by atoms with Gasteiger partial charge >= 0.3 is 0 Å². The maximum atomic E-state index is 5.75. The number of hydrogen-bond donors (Lipinski definition) is 0. The van der Waals surface area contributed by atoms with Gasteiger partial charge in [0.25, 0.3) is 0 Å². The van der Waals surface area contributed by atoms with Crippen LogP contribution in [0.3, 0.4) is 0 Å². The highest BCUT2D eigenvalue weighted by Crippen LogP contribution is 2.27. The van der Waals surface area contributed by atoms with E-state index in [1.54, 1.807) is 0 Å². The van der Waals surface area contributed by atoms with E-state index in [4.69, 9.17) is 9.47 Å². The average molecular weight is 287 g/mol. The van der Waals surface area contributed by atoms with Gasteiger partial charge in [0.1, 0.15) is 11.5 Å². The first-order chi connectivity index (χ1) is 7.67. The van der Waals surface area contributed by atoms with Crippen molar-refractivity contribution in [3.8, 4) is 11.5 Å². The molecule has 0 radical (unpaired) electrons. The Balaban J connectivity index is 2.83. The van der Waals surface area contributed by atoms with Gasteiger partial charge in [0, 0.05) is 17.0 Å². The van der Waals surface area contributed by atoms with Crippen molar-refractivity contribution in [3.63, 3.8) is 0 Å². The molecule has 1 aromatic carbocycles. The second kappa shape index (κ2) is 6.79. The molecule has 16 heavy (non-hydrogen) atoms. The summed E-state index contributed by atoms with van der Waals surface area (Å²) in [6.07, 6.45) is 1.19. The average Bonchev–Trinajstić information content (AvgIpc) is 2.26. The van der Waals surface area contributed by atoms with Crippen LogP contribution in [0.15, 0.2) is 18.2 Å². The zero-order chi connectivity index (χ0) is 12.0. The van der Waals surface area contributed by atoms with Crippen LogP contribution in [-0.4, -0.2) is 12.7 Å². The van der Waals surface area contributed by atoms with E-state index < -0.39 is 0 Å². The van der Waals surface area contributed by atoms with E-state index in [2.05, 4.69) is 22.9 Å². The van der Waals surface area contributed by atoms with Crippen LogP contribution in [-0.2, 0) is 5.33 Å². The Morgan fingerprint density at radius 3 is 2.62 bits per heavy atom. The highest BCUT2D eigenvalue weighted by Gasteiger charge is 2.06. The SMILES string of the molecule is CCCOc1ccc(CBr)c(OC(C)C)c1. The molecule has 0 bridgehead atoms. The number of hydrogen-bond acceptors (Lipinski definition) is 2. The van der Waals surface area contributed by atoms with Gasteiger partial charge in [0.15, 0.2) is 0 Å². The molecule has 0 amide bonds. The molecule has 1 aromatic rings. The van der Waals surface area contributed by atoms with E-state index in [0.29, 0.717) is 0 Å². The van der Waals surface area contributed by atoms with Gasteiger partial charge in [-0.15, -0.1) is 0 Å². The molecule has 0 fully saturated rings. The number of ether oxygens (including phenoxy) is 2. The second-order valence-corrected chi connectivity index (χ2v) is 4.48. The lowest BCUT2D eigenvalue weighted by atomic mass is 10.2. The predicted molar refractivity (Wildman–Crippen MR) is 70.6 cm³/mol. The van der Waals surface area contributed by atoms with Crippen molar-refractivity contribution in [3.05, 3.63) is 23.8 Å². The molecule has 0 unspecified atom stereocenters. The third-order valence-electron chi connectivity index (χ3n) is 2.02. The minimum Gasteiger partial charge on any atom is -0.493 e. The van der Waals surface area contributed by atoms with E-state index in [1.807, 2.05) is 32.0 Å². The first kappa shape index (κ1) is 13.4. The fourth-order valence-electron chi connectivity index (χ4n) is 1.32. The van der Waals surface area contributed by atoms with Gasteiger partial charge in [-0.25, -0.2) is 0 Å². The standard InChI is InChI=1S/C13H19BrO2/c1-4-7-15-12-6-5-11(9-14)13(8-12)16-10(2)3/h5-6,8,10H,4,7,9H2,1-3H3. The molecule has 0 aromatic heterocycles. The van der Waals surface area contributed by atoms with Gasteiger partial charge in [0.05, 0.1) is 12.7 Å². The van der Waals surface area contributed by atoms with Gasteiger partial charge in [-0.05, 0) is 26.3 Å². The molecular formula is C13H19BrO2. The molecule has 3 heteroatoms. The van der Waals surface area contributed by atoms with Crippen molar-refractivity contribution in [2.75, 3.05) is 6.61 Å². The Hall–Kier alpha value is -0.700. The van der Waals surface area contributed by atoms with Crippen LogP contribution >= 0.6 is 15.9 Å². The lowest BCUT2D eigenvalue weighted by Gasteiger charge is -2.14. The largest absolute Gasteiger partial charge is 0.493 e. The molecule has 0 saturated carbocycles. The number of halogens is 1. The molecule has 0 spiro atoms. The molecule has 0 N–H and O–H groups in total. The lowest BCUT2D eigenvalue weighted by molar-refractivity contribution is 0.238. The normalized spacial score (nSPS) is 10.6. The Morgan fingerprint density at radius 1 is 1.31 bits per heavy atom. The van der Waals surface area contributed by atoms with Crippen molar-refractivity contribution in [1.82, 2.24) is 0 Å². The van der Waals surface area contributed by atoms with E-state index >= 15 is 0 Å². The van der Waals surface area contributed by atoms with Crippen molar-refractivity contribution in [1.29, 1.82) is 0 Å². The molecule has 0 heterocycles. The van der Waals surface area contributed by atoms with Gasteiger partial charge in [0.2, 0.25) is 0 Å². The topological polar surface area (TPSA) is 18.5 Å². The third kappa shape index (κ3) is 4.05. The van der Waals surface area contributed by atoms with Gasteiger partial charge < -0.3 is 9.47 Å². The van der Waals surface area contributed by atoms with Crippen molar-refractivity contribution < 1.29 is 9.47 Å². The van der Waals surface area contributed by atoms with Crippen molar-refractivity contribution in [2.24, 2.45) is 0 Å². The molecule has 0 aliphatic carbocycles. The van der Waals surface area contributed by atoms with Crippen LogP contribution in [0.5, 0.6) is 11.5 Å². The Bertz CT molecular complexity index is 324. The fraction of sp³-hybridized carbons (Fsp3) is 0.538. The minimum absolute atomic E-state index is 0.180. The summed E-state index contributed by atoms with van der Waals surface area (Å²) in [5.74, 6) is 1.78. The smallest absolute Gasteiger partial charge is 0.127 e. The summed E-state index contributed by atoms with van der Waals surface area (Å²) in [7, 11) is 0. The van der Waals surface area contributed by atoms with Gasteiger partial charge in [-0.1, -0.05) is 28.9 Å². The highest BCUT2D eigenvalue weighted by atomic mass is 79.9. The summed E-state index contributed by atoms with van der Waals surface area (Å²) in [6, 6.07) is 5.99. The van der Waals surface area contributed by atoms with E-state index in [-0.39, 0.29) is 6.10 Å². The van der Waals surface area contributed by atoms with Crippen LogP contribution in [0, 0.1) is 0 Å². The number of alkyl halides is 1. The summed E-state index contributed by atoms with van der Waals surface area (Å²) in [5, 5.41) is 0.795. The lowest BCUT2D eigenvalue weighted by Crippen LogP contribution is -2.07. The first-order valence-corrected chi connectivity index (χ1v) is 6.77. The summed E-state index contributed by atoms with van der Waals surface area (Å²) in [4.78, 5) is 0. The fourth-order valence-corrected chi connectivity index (χ4v) is 1.78. The van der Waals surface area contributed by atoms with Crippen LogP contribution in [0.1, 0.15) is 32.8 Å². The van der Waals surface area contributed by atoms with Crippen LogP contribution in [0.25, 0.3) is 0 Å². The maximum Gasteiger partial charge on any atom is 0.127 e. The van der Waals surface area contributed by atoms with Gasteiger partial charge in [-0.2, -0.15) is 0 Å². The Kier molecular flexibility index (Phi) is 5.67. The summed E-state index contributed by atoms with van der Waals surface area (Å²) < 4.78 is 11.3. The number of benzene rings is 1. The van der Waals surface area contributed by atoms with Crippen molar-refractivity contribution in [2.45, 2.75) is 38.6 Å². The van der Waals surface area contributed by atoms with Crippen LogP contribution in [0.4, 0.5) is 0 Å². The molecule has 0 atom stereocenters. The van der Waals surface area contributed by atoms with E-state index in [9.17, 15) is 0 Å².